The van der Waals surface area contributed by atoms with Gasteiger partial charge in [0.05, 0.1) is 5.41 Å². The highest BCUT2D eigenvalue weighted by molar-refractivity contribution is 5.93. The highest BCUT2D eigenvalue weighted by atomic mass is 16.4. The number of carboxylic acids is 1. The van der Waals surface area contributed by atoms with Crippen molar-refractivity contribution < 1.29 is 14.7 Å². The van der Waals surface area contributed by atoms with Gasteiger partial charge in [0.1, 0.15) is 5.69 Å². The molecule has 1 heterocycles. The number of aryl methyl sites for hydroxylation is 1. The third-order valence-corrected chi connectivity index (χ3v) is 3.96. The highest BCUT2D eigenvalue weighted by Gasteiger charge is 2.44. The Kier molecular flexibility index (Phi) is 3.15. The summed E-state index contributed by atoms with van der Waals surface area (Å²) in [6.07, 6.45) is 2.22. The van der Waals surface area contributed by atoms with Crippen LogP contribution in [0.25, 0.3) is 0 Å². The summed E-state index contributed by atoms with van der Waals surface area (Å²) in [5.41, 5.74) is 0.819. The molecule has 2 N–H and O–H groups in total. The number of hydrogen-bond donors (Lipinski definition) is 2. The number of carboxylic acid groups (broad SMARTS) is 1. The average molecular weight is 250 g/mol. The Morgan fingerprint density at radius 3 is 2.50 bits per heavy atom. The van der Waals surface area contributed by atoms with Crippen LogP contribution >= 0.6 is 0 Å². The minimum atomic E-state index is -0.808. The maximum absolute atomic E-state index is 12.0. The van der Waals surface area contributed by atoms with E-state index in [2.05, 4.69) is 5.32 Å². The Morgan fingerprint density at radius 2 is 2.11 bits per heavy atom. The highest BCUT2D eigenvalue weighted by Crippen LogP contribution is 2.40. The molecule has 1 aromatic rings. The van der Waals surface area contributed by atoms with Crippen LogP contribution in [0.2, 0.25) is 0 Å². The number of nitrogens with one attached hydrogen (secondary N) is 1. The minimum absolute atomic E-state index is 0.210. The molecule has 2 rings (SSSR count). The van der Waals surface area contributed by atoms with E-state index in [1.807, 2.05) is 20.0 Å². The molecule has 0 bridgehead atoms. The monoisotopic (exact) mass is 250 g/mol. The summed E-state index contributed by atoms with van der Waals surface area (Å²) >= 11 is 0. The molecular formula is C13H18N2O3. The summed E-state index contributed by atoms with van der Waals surface area (Å²) < 4.78 is 1.80. The number of amides is 1. The van der Waals surface area contributed by atoms with Crippen LogP contribution in [0.3, 0.4) is 0 Å². The van der Waals surface area contributed by atoms with Crippen molar-refractivity contribution in [2.75, 3.05) is 6.54 Å². The van der Waals surface area contributed by atoms with E-state index in [1.165, 1.54) is 0 Å². The van der Waals surface area contributed by atoms with Crippen LogP contribution in [0, 0.1) is 12.3 Å². The van der Waals surface area contributed by atoms with E-state index in [9.17, 15) is 9.59 Å². The number of rotatable bonds is 4. The largest absolute Gasteiger partial charge is 0.481 e. The first-order valence-corrected chi connectivity index (χ1v) is 6.10. The third-order valence-electron chi connectivity index (χ3n) is 3.96. The molecule has 5 heteroatoms. The van der Waals surface area contributed by atoms with Crippen LogP contribution in [-0.4, -0.2) is 28.1 Å². The molecule has 1 aliphatic carbocycles. The minimum Gasteiger partial charge on any atom is -0.481 e. The van der Waals surface area contributed by atoms with E-state index in [4.69, 9.17) is 5.11 Å². The van der Waals surface area contributed by atoms with E-state index in [-0.39, 0.29) is 12.5 Å². The predicted octanol–water partition coefficient (Wildman–Crippen LogP) is 1.32. The lowest BCUT2D eigenvalue weighted by Crippen LogP contribution is -2.47. The van der Waals surface area contributed by atoms with Gasteiger partial charge in [0.25, 0.3) is 5.91 Å². The third kappa shape index (κ3) is 2.00. The summed E-state index contributed by atoms with van der Waals surface area (Å²) in [7, 11) is 1.82. The number of aliphatic carboxylic acids is 1. The zero-order valence-corrected chi connectivity index (χ0v) is 10.7. The summed E-state index contributed by atoms with van der Waals surface area (Å²) in [4.78, 5) is 23.1. The number of carbonyl (C=O) groups is 2. The first-order valence-electron chi connectivity index (χ1n) is 6.10. The second-order valence-corrected chi connectivity index (χ2v) is 5.04. The molecule has 0 unspecified atom stereocenters. The van der Waals surface area contributed by atoms with Gasteiger partial charge in [-0.2, -0.15) is 0 Å². The second-order valence-electron chi connectivity index (χ2n) is 5.04. The van der Waals surface area contributed by atoms with Gasteiger partial charge in [0, 0.05) is 19.3 Å². The lowest BCUT2D eigenvalue weighted by molar-refractivity contribution is -0.153. The molecular weight excluding hydrogens is 232 g/mol. The van der Waals surface area contributed by atoms with Crippen LogP contribution in [0.5, 0.6) is 0 Å². The Balaban J connectivity index is 2.00. The molecule has 1 aliphatic rings. The number of carbonyl (C=O) groups excluding carboxylic acids is 1. The van der Waals surface area contributed by atoms with E-state index in [0.29, 0.717) is 18.5 Å². The van der Waals surface area contributed by atoms with Crippen molar-refractivity contribution >= 4 is 11.9 Å². The normalized spacial score (nSPS) is 17.0. The number of hydrogen-bond acceptors (Lipinski definition) is 2. The van der Waals surface area contributed by atoms with E-state index < -0.39 is 11.4 Å². The molecule has 1 saturated carbocycles. The van der Waals surface area contributed by atoms with Gasteiger partial charge < -0.3 is 15.0 Å². The summed E-state index contributed by atoms with van der Waals surface area (Å²) in [6, 6.07) is 3.62. The van der Waals surface area contributed by atoms with Crippen LogP contribution in [0.4, 0.5) is 0 Å². The van der Waals surface area contributed by atoms with E-state index in [0.717, 1.165) is 12.1 Å². The van der Waals surface area contributed by atoms with Gasteiger partial charge in [-0.25, -0.2) is 0 Å². The van der Waals surface area contributed by atoms with Crippen molar-refractivity contribution in [3.05, 3.63) is 23.5 Å². The summed E-state index contributed by atoms with van der Waals surface area (Å²) in [5, 5.41) is 11.9. The molecule has 0 radical (unpaired) electrons. The molecule has 1 amide bonds. The van der Waals surface area contributed by atoms with Gasteiger partial charge >= 0.3 is 5.97 Å². The number of aromatic nitrogens is 1. The Morgan fingerprint density at radius 1 is 1.44 bits per heavy atom. The Bertz CT molecular complexity index is 486. The lowest BCUT2D eigenvalue weighted by Gasteiger charge is -2.37. The maximum Gasteiger partial charge on any atom is 0.311 e. The molecule has 0 spiro atoms. The van der Waals surface area contributed by atoms with E-state index in [1.54, 1.807) is 10.6 Å². The lowest BCUT2D eigenvalue weighted by atomic mass is 9.69. The van der Waals surface area contributed by atoms with Crippen molar-refractivity contribution in [1.82, 2.24) is 9.88 Å². The Labute approximate surface area is 106 Å². The average Bonchev–Trinajstić information content (AvgIpc) is 2.57. The fourth-order valence-corrected chi connectivity index (χ4v) is 2.25. The fourth-order valence-electron chi connectivity index (χ4n) is 2.25. The quantitative estimate of drug-likeness (QED) is 0.846. The Hall–Kier alpha value is -1.78. The molecule has 0 aromatic carbocycles. The first-order chi connectivity index (χ1) is 8.46. The van der Waals surface area contributed by atoms with Gasteiger partial charge in [0.2, 0.25) is 0 Å². The van der Waals surface area contributed by atoms with Gasteiger partial charge in [0.15, 0.2) is 0 Å². The maximum atomic E-state index is 12.0. The molecule has 0 aliphatic heterocycles. The molecule has 0 saturated heterocycles. The van der Waals surface area contributed by atoms with Crippen molar-refractivity contribution in [3.8, 4) is 0 Å². The van der Waals surface area contributed by atoms with Crippen LogP contribution in [0.1, 0.15) is 35.4 Å². The van der Waals surface area contributed by atoms with Crippen LogP contribution in [0.15, 0.2) is 12.1 Å². The van der Waals surface area contributed by atoms with Gasteiger partial charge in [-0.3, -0.25) is 9.59 Å². The molecule has 98 valence electrons. The molecule has 5 nitrogen and oxygen atoms in total. The molecule has 0 atom stereocenters. The van der Waals surface area contributed by atoms with Gasteiger partial charge in [-0.15, -0.1) is 0 Å². The molecule has 1 fully saturated rings. The summed E-state index contributed by atoms with van der Waals surface area (Å²) in [6.45, 7) is 2.13. The van der Waals surface area contributed by atoms with Crippen molar-refractivity contribution in [2.24, 2.45) is 12.5 Å². The predicted molar refractivity (Wildman–Crippen MR) is 66.4 cm³/mol. The topological polar surface area (TPSA) is 71.3 Å². The van der Waals surface area contributed by atoms with Crippen molar-refractivity contribution in [3.63, 3.8) is 0 Å². The molecule has 18 heavy (non-hydrogen) atoms. The van der Waals surface area contributed by atoms with E-state index >= 15 is 0 Å². The van der Waals surface area contributed by atoms with Gasteiger partial charge in [-0.05, 0) is 31.9 Å². The smallest absolute Gasteiger partial charge is 0.311 e. The van der Waals surface area contributed by atoms with Crippen LogP contribution < -0.4 is 5.32 Å². The second kappa shape index (κ2) is 4.48. The zero-order chi connectivity index (χ0) is 13.3. The SMILES string of the molecule is Cc1ccc(C(=O)NCC2(C(=O)O)CCC2)n1C. The molecule has 1 aromatic heterocycles. The van der Waals surface area contributed by atoms with Crippen molar-refractivity contribution in [1.29, 1.82) is 0 Å². The van der Waals surface area contributed by atoms with Gasteiger partial charge in [-0.1, -0.05) is 6.42 Å². The standard InChI is InChI=1S/C13H18N2O3/c1-9-4-5-10(15(9)2)11(16)14-8-13(12(17)18)6-3-7-13/h4-5H,3,6-8H2,1-2H3,(H,14,16)(H,17,18). The first kappa shape index (κ1) is 12.7. The summed E-state index contributed by atoms with van der Waals surface area (Å²) in [5.74, 6) is -1.02. The van der Waals surface area contributed by atoms with Crippen molar-refractivity contribution in [2.45, 2.75) is 26.2 Å². The zero-order valence-electron chi connectivity index (χ0n) is 10.7. The fraction of sp³-hybridized carbons (Fsp3) is 0.538. The van der Waals surface area contributed by atoms with Crippen LogP contribution in [-0.2, 0) is 11.8 Å². The number of nitrogens with zero attached hydrogens (tertiary/aromatic N) is 1.